The Morgan fingerprint density at radius 3 is 2.56 bits per heavy atom. The van der Waals surface area contributed by atoms with E-state index in [1.54, 1.807) is 0 Å². The highest BCUT2D eigenvalue weighted by Crippen LogP contribution is 2.38. The molecule has 6 heteroatoms. The van der Waals surface area contributed by atoms with Crippen LogP contribution in [0.15, 0.2) is 28.8 Å². The maximum Gasteiger partial charge on any atom is 0.134 e. The average Bonchev–Trinajstić information content (AvgIpc) is 3.22. The molecule has 2 aliphatic heterocycles. The molecule has 0 aromatic carbocycles. The lowest BCUT2D eigenvalue weighted by Gasteiger charge is -2.41. The highest BCUT2D eigenvalue weighted by atomic mass is 15.2. The van der Waals surface area contributed by atoms with Crippen LogP contribution in [0.1, 0.15) is 65.4 Å². The largest absolute Gasteiger partial charge is 0.354 e. The highest BCUT2D eigenvalue weighted by Gasteiger charge is 2.35. The van der Waals surface area contributed by atoms with Gasteiger partial charge in [-0.05, 0) is 88.9 Å². The predicted molar refractivity (Wildman–Crippen MR) is 138 cm³/mol. The van der Waals surface area contributed by atoms with E-state index in [0.29, 0.717) is 18.5 Å². The third-order valence-electron chi connectivity index (χ3n) is 7.58. The van der Waals surface area contributed by atoms with Crippen LogP contribution in [0.4, 0.5) is 11.6 Å². The van der Waals surface area contributed by atoms with Crippen LogP contribution in [0, 0.1) is 5.92 Å². The molecule has 3 heterocycles. The number of nitrogens with two attached hydrogens (primary N) is 1. The topological polar surface area (TPSA) is 69.8 Å². The van der Waals surface area contributed by atoms with Gasteiger partial charge >= 0.3 is 0 Å². The summed E-state index contributed by atoms with van der Waals surface area (Å²) in [7, 11) is 4.05. The van der Waals surface area contributed by atoms with Gasteiger partial charge in [-0.25, -0.2) is 4.98 Å². The lowest BCUT2D eigenvalue weighted by molar-refractivity contribution is 0.191. The maximum atomic E-state index is 6.44. The van der Waals surface area contributed by atoms with Gasteiger partial charge in [0.25, 0.3) is 0 Å². The number of aliphatic imine (C=N–C) groups is 1. The van der Waals surface area contributed by atoms with Crippen LogP contribution >= 0.6 is 0 Å². The van der Waals surface area contributed by atoms with Gasteiger partial charge < -0.3 is 20.9 Å². The number of hydrogen-bond donors (Lipinski definition) is 2. The summed E-state index contributed by atoms with van der Waals surface area (Å²) < 4.78 is 0. The molecule has 1 aromatic rings. The molecule has 2 saturated heterocycles. The Bertz CT molecular complexity index is 820. The van der Waals surface area contributed by atoms with Crippen LogP contribution < -0.4 is 16.0 Å². The van der Waals surface area contributed by atoms with Gasteiger partial charge in [0.1, 0.15) is 17.5 Å². The normalized spacial score (nSPS) is 22.6. The van der Waals surface area contributed by atoms with E-state index in [2.05, 4.69) is 73.1 Å². The second kappa shape index (κ2) is 10.8. The summed E-state index contributed by atoms with van der Waals surface area (Å²) in [4.78, 5) is 14.5. The van der Waals surface area contributed by atoms with Gasteiger partial charge in [0.2, 0.25) is 0 Å². The molecule has 2 aliphatic rings. The summed E-state index contributed by atoms with van der Waals surface area (Å²) in [6.45, 7) is 12.9. The van der Waals surface area contributed by atoms with E-state index >= 15 is 0 Å². The molecule has 178 valence electrons. The summed E-state index contributed by atoms with van der Waals surface area (Å²) in [5.74, 6) is 3.31. The fourth-order valence-corrected chi connectivity index (χ4v) is 5.10. The molecule has 6 nitrogen and oxygen atoms in total. The smallest absolute Gasteiger partial charge is 0.134 e. The van der Waals surface area contributed by atoms with Crippen molar-refractivity contribution in [2.45, 2.75) is 71.3 Å². The Balaban J connectivity index is 2.01. The minimum absolute atomic E-state index is 0.00939. The number of aromatic nitrogens is 1. The molecular weight excluding hydrogens is 396 g/mol. The van der Waals surface area contributed by atoms with Gasteiger partial charge in [-0.3, -0.25) is 4.99 Å². The molecule has 3 rings (SSSR count). The Kier molecular flexibility index (Phi) is 8.34. The zero-order chi connectivity index (χ0) is 23.3. The Morgan fingerprint density at radius 2 is 2.03 bits per heavy atom. The SMILES string of the molecule is CC/C(=C\C(=NC)Nc1cc(C2(CN)CCN(C)CC2)cc(N2CCCC2C)n1)C(C)C. The fraction of sp³-hybridized carbons (Fsp3) is 0.692. The minimum atomic E-state index is 0.00939. The molecule has 0 spiro atoms. The maximum absolute atomic E-state index is 6.44. The molecule has 1 unspecified atom stereocenters. The number of anilines is 2. The summed E-state index contributed by atoms with van der Waals surface area (Å²) in [6, 6.07) is 5.06. The standard InChI is InChI=1S/C26H44N6/c1-7-21(19(2)3)15-23(28-5)29-24-16-22(26(18-27)10-13-31(6)14-11-26)17-25(30-24)32-12-8-9-20(32)4/h15-17,19-20H,7-14,18,27H2,1-6H3,(H,28,29,30)/b21-15+. The van der Waals surface area contributed by atoms with Crippen LogP contribution in [-0.4, -0.2) is 62.0 Å². The lowest BCUT2D eigenvalue weighted by Crippen LogP contribution is -2.45. The van der Waals surface area contributed by atoms with Crippen molar-refractivity contribution in [1.29, 1.82) is 0 Å². The van der Waals surface area contributed by atoms with E-state index in [-0.39, 0.29) is 5.41 Å². The summed E-state index contributed by atoms with van der Waals surface area (Å²) in [5, 5.41) is 3.54. The molecule has 0 saturated carbocycles. The van der Waals surface area contributed by atoms with Crippen LogP contribution in [-0.2, 0) is 5.41 Å². The van der Waals surface area contributed by atoms with Gasteiger partial charge in [-0.2, -0.15) is 0 Å². The summed E-state index contributed by atoms with van der Waals surface area (Å²) in [5.41, 5.74) is 9.15. The second-order valence-corrected chi connectivity index (χ2v) is 10.0. The minimum Gasteiger partial charge on any atom is -0.354 e. The van der Waals surface area contributed by atoms with Gasteiger partial charge in [-0.15, -0.1) is 0 Å². The summed E-state index contributed by atoms with van der Waals surface area (Å²) >= 11 is 0. The van der Waals surface area contributed by atoms with E-state index in [0.717, 1.165) is 56.4 Å². The van der Waals surface area contributed by atoms with Crippen molar-refractivity contribution in [3.05, 3.63) is 29.3 Å². The lowest BCUT2D eigenvalue weighted by atomic mass is 9.73. The first kappa shape index (κ1) is 24.7. The van der Waals surface area contributed by atoms with E-state index in [1.165, 1.54) is 24.0 Å². The molecule has 0 amide bonds. The van der Waals surface area contributed by atoms with E-state index in [1.807, 2.05) is 7.05 Å². The van der Waals surface area contributed by atoms with Crippen molar-refractivity contribution in [1.82, 2.24) is 9.88 Å². The number of pyridine rings is 1. The molecule has 3 N–H and O–H groups in total. The molecular formula is C26H44N6. The Labute approximate surface area is 195 Å². The number of piperidine rings is 1. The van der Waals surface area contributed by atoms with Gasteiger partial charge in [0, 0.05) is 31.6 Å². The zero-order valence-corrected chi connectivity index (χ0v) is 21.1. The first-order valence-corrected chi connectivity index (χ1v) is 12.4. The van der Waals surface area contributed by atoms with Crippen LogP contribution in [0.5, 0.6) is 0 Å². The first-order chi connectivity index (χ1) is 15.3. The Morgan fingerprint density at radius 1 is 1.31 bits per heavy atom. The van der Waals surface area contributed by atoms with Crippen LogP contribution in [0.3, 0.4) is 0 Å². The van der Waals surface area contributed by atoms with Crippen molar-refractivity contribution >= 4 is 17.5 Å². The monoisotopic (exact) mass is 440 g/mol. The molecule has 1 atom stereocenters. The van der Waals surface area contributed by atoms with E-state index in [9.17, 15) is 0 Å². The summed E-state index contributed by atoms with van der Waals surface area (Å²) in [6.07, 6.45) is 7.82. The third-order valence-corrected chi connectivity index (χ3v) is 7.58. The van der Waals surface area contributed by atoms with Crippen molar-refractivity contribution in [2.75, 3.05) is 50.5 Å². The molecule has 0 aliphatic carbocycles. The number of likely N-dealkylation sites (tertiary alicyclic amines) is 1. The Hall–Kier alpha value is -1.92. The van der Waals surface area contributed by atoms with Gasteiger partial charge in [0.15, 0.2) is 0 Å². The van der Waals surface area contributed by atoms with Crippen molar-refractivity contribution < 1.29 is 0 Å². The first-order valence-electron chi connectivity index (χ1n) is 12.4. The quantitative estimate of drug-likeness (QED) is 0.485. The molecule has 1 aromatic heterocycles. The number of allylic oxidation sites excluding steroid dienone is 1. The second-order valence-electron chi connectivity index (χ2n) is 10.0. The number of nitrogens with zero attached hydrogens (tertiary/aromatic N) is 4. The number of amidine groups is 1. The molecule has 2 fully saturated rings. The molecule has 0 bridgehead atoms. The van der Waals surface area contributed by atoms with Crippen molar-refractivity contribution in [3.8, 4) is 0 Å². The molecule has 0 radical (unpaired) electrons. The average molecular weight is 441 g/mol. The van der Waals surface area contributed by atoms with Gasteiger partial charge in [-0.1, -0.05) is 26.3 Å². The van der Waals surface area contributed by atoms with Crippen LogP contribution in [0.25, 0.3) is 0 Å². The number of hydrogen-bond acceptors (Lipinski definition) is 5. The number of nitrogens with one attached hydrogen (secondary N) is 1. The number of rotatable bonds is 7. The van der Waals surface area contributed by atoms with Crippen molar-refractivity contribution in [2.24, 2.45) is 16.6 Å². The van der Waals surface area contributed by atoms with E-state index in [4.69, 9.17) is 10.7 Å². The predicted octanol–water partition coefficient (Wildman–Crippen LogP) is 4.43. The zero-order valence-electron chi connectivity index (χ0n) is 21.1. The van der Waals surface area contributed by atoms with E-state index < -0.39 is 0 Å². The van der Waals surface area contributed by atoms with Crippen LogP contribution in [0.2, 0.25) is 0 Å². The van der Waals surface area contributed by atoms with Gasteiger partial charge in [0.05, 0.1) is 0 Å². The highest BCUT2D eigenvalue weighted by molar-refractivity contribution is 6.03. The van der Waals surface area contributed by atoms with Crippen molar-refractivity contribution in [3.63, 3.8) is 0 Å². The molecule has 32 heavy (non-hydrogen) atoms. The fourth-order valence-electron chi connectivity index (χ4n) is 5.10. The third kappa shape index (κ3) is 5.52.